The van der Waals surface area contributed by atoms with Crippen LogP contribution in [0, 0.1) is 0 Å². The minimum atomic E-state index is -0.0729. The van der Waals surface area contributed by atoms with E-state index in [1.54, 1.807) is 0 Å². The van der Waals surface area contributed by atoms with Crippen LogP contribution < -0.4 is 16.4 Å². The van der Waals surface area contributed by atoms with Crippen molar-refractivity contribution >= 4 is 28.5 Å². The topological polar surface area (TPSA) is 92.9 Å². The summed E-state index contributed by atoms with van der Waals surface area (Å²) >= 11 is 1.13. The fourth-order valence-corrected chi connectivity index (χ4v) is 1.21. The van der Waals surface area contributed by atoms with Crippen LogP contribution >= 0.6 is 11.5 Å². The number of aromatic nitrogens is 2. The zero-order valence-corrected chi connectivity index (χ0v) is 8.02. The number of hydrogen-bond donors (Lipinski definition) is 3. The van der Waals surface area contributed by atoms with Gasteiger partial charge in [0.2, 0.25) is 17.0 Å². The van der Waals surface area contributed by atoms with Gasteiger partial charge in [-0.1, -0.05) is 0 Å². The van der Waals surface area contributed by atoms with Crippen molar-refractivity contribution in [2.75, 3.05) is 24.1 Å². The molecule has 6 nitrogen and oxygen atoms in total. The number of nitrogen functional groups attached to an aromatic ring is 1. The SMILES string of the molecule is CCNC(=O)CNc1nc(N)ns1. The number of rotatable bonds is 4. The van der Waals surface area contributed by atoms with Crippen LogP contribution in [0.2, 0.25) is 0 Å². The number of nitrogens with two attached hydrogens (primary N) is 1. The molecule has 0 aliphatic heterocycles. The predicted octanol–water partition coefficient (Wildman–Crippen LogP) is -0.332. The molecule has 0 unspecified atom stereocenters. The van der Waals surface area contributed by atoms with Crippen molar-refractivity contribution < 1.29 is 4.79 Å². The molecule has 0 radical (unpaired) electrons. The highest BCUT2D eigenvalue weighted by Gasteiger charge is 2.02. The van der Waals surface area contributed by atoms with Gasteiger partial charge in [-0.3, -0.25) is 4.79 Å². The summed E-state index contributed by atoms with van der Waals surface area (Å²) in [6.45, 7) is 2.68. The predicted molar refractivity (Wildman–Crippen MR) is 51.5 cm³/mol. The third kappa shape index (κ3) is 3.24. The monoisotopic (exact) mass is 201 g/mol. The van der Waals surface area contributed by atoms with E-state index < -0.39 is 0 Å². The van der Waals surface area contributed by atoms with Crippen molar-refractivity contribution in [3.8, 4) is 0 Å². The van der Waals surface area contributed by atoms with Gasteiger partial charge in [0.1, 0.15) is 0 Å². The quantitative estimate of drug-likeness (QED) is 0.620. The van der Waals surface area contributed by atoms with Gasteiger partial charge in [-0.05, 0) is 6.92 Å². The van der Waals surface area contributed by atoms with Gasteiger partial charge in [0.15, 0.2) is 0 Å². The molecule has 1 aromatic rings. The Labute approximate surface area is 79.7 Å². The van der Waals surface area contributed by atoms with E-state index in [2.05, 4.69) is 20.0 Å². The van der Waals surface area contributed by atoms with Crippen molar-refractivity contribution in [2.24, 2.45) is 0 Å². The van der Waals surface area contributed by atoms with Crippen molar-refractivity contribution in [1.82, 2.24) is 14.7 Å². The summed E-state index contributed by atoms with van der Waals surface area (Å²) in [6.07, 6.45) is 0. The fraction of sp³-hybridized carbons (Fsp3) is 0.500. The Bertz CT molecular complexity index is 286. The lowest BCUT2D eigenvalue weighted by atomic mass is 10.5. The Morgan fingerprint density at radius 1 is 1.69 bits per heavy atom. The molecule has 0 bridgehead atoms. The maximum absolute atomic E-state index is 11.0. The molecule has 0 fully saturated rings. The summed E-state index contributed by atoms with van der Waals surface area (Å²) in [5.74, 6) is 0.152. The number of nitrogens with one attached hydrogen (secondary N) is 2. The molecule has 0 atom stereocenters. The number of carbonyl (C=O) groups excluding carboxylic acids is 1. The minimum Gasteiger partial charge on any atom is -0.367 e. The summed E-state index contributed by atoms with van der Waals surface area (Å²) in [5.41, 5.74) is 5.29. The fourth-order valence-electron chi connectivity index (χ4n) is 0.722. The first kappa shape index (κ1) is 9.72. The third-order valence-electron chi connectivity index (χ3n) is 1.22. The molecular formula is C6H11N5OS. The zero-order valence-electron chi connectivity index (χ0n) is 7.20. The second kappa shape index (κ2) is 4.61. The Morgan fingerprint density at radius 2 is 2.46 bits per heavy atom. The van der Waals surface area contributed by atoms with E-state index in [9.17, 15) is 4.79 Å². The van der Waals surface area contributed by atoms with Gasteiger partial charge < -0.3 is 16.4 Å². The van der Waals surface area contributed by atoms with Crippen LogP contribution in [-0.4, -0.2) is 28.4 Å². The van der Waals surface area contributed by atoms with E-state index in [0.717, 1.165) is 11.5 Å². The average Bonchev–Trinajstić information content (AvgIpc) is 2.49. The molecule has 13 heavy (non-hydrogen) atoms. The van der Waals surface area contributed by atoms with Crippen molar-refractivity contribution in [3.63, 3.8) is 0 Å². The highest BCUT2D eigenvalue weighted by molar-refractivity contribution is 7.09. The molecule has 0 saturated heterocycles. The van der Waals surface area contributed by atoms with E-state index in [1.807, 2.05) is 6.92 Å². The van der Waals surface area contributed by atoms with E-state index in [0.29, 0.717) is 11.7 Å². The standard InChI is InChI=1S/C6H11N5OS/c1-2-8-4(12)3-9-6-10-5(7)11-13-6/h2-3H2,1H3,(H,8,12)(H3,7,9,10,11). The normalized spacial score (nSPS) is 9.62. The smallest absolute Gasteiger partial charge is 0.239 e. The van der Waals surface area contributed by atoms with Crippen LogP contribution in [-0.2, 0) is 4.79 Å². The van der Waals surface area contributed by atoms with Crippen LogP contribution in [0.25, 0.3) is 0 Å². The van der Waals surface area contributed by atoms with Crippen LogP contribution in [0.3, 0.4) is 0 Å². The molecule has 4 N–H and O–H groups in total. The van der Waals surface area contributed by atoms with Crippen molar-refractivity contribution in [3.05, 3.63) is 0 Å². The Hall–Kier alpha value is -1.37. The van der Waals surface area contributed by atoms with Crippen LogP contribution in [0.15, 0.2) is 0 Å². The van der Waals surface area contributed by atoms with Gasteiger partial charge in [-0.15, -0.1) is 0 Å². The van der Waals surface area contributed by atoms with Gasteiger partial charge in [0, 0.05) is 18.1 Å². The summed E-state index contributed by atoms with van der Waals surface area (Å²) in [4.78, 5) is 14.8. The summed E-state index contributed by atoms with van der Waals surface area (Å²) < 4.78 is 3.75. The molecule has 7 heteroatoms. The van der Waals surface area contributed by atoms with Gasteiger partial charge in [0.25, 0.3) is 0 Å². The number of nitrogens with zero attached hydrogens (tertiary/aromatic N) is 2. The van der Waals surface area contributed by atoms with Crippen molar-refractivity contribution in [2.45, 2.75) is 6.92 Å². The maximum Gasteiger partial charge on any atom is 0.239 e. The van der Waals surface area contributed by atoms with E-state index in [4.69, 9.17) is 5.73 Å². The molecule has 0 aliphatic rings. The zero-order chi connectivity index (χ0) is 9.68. The highest BCUT2D eigenvalue weighted by Crippen LogP contribution is 2.10. The summed E-state index contributed by atoms with van der Waals surface area (Å²) in [5, 5.41) is 6.01. The second-order valence-corrected chi connectivity index (χ2v) is 3.02. The van der Waals surface area contributed by atoms with Crippen molar-refractivity contribution in [1.29, 1.82) is 0 Å². The highest BCUT2D eigenvalue weighted by atomic mass is 32.1. The van der Waals surface area contributed by atoms with Crippen LogP contribution in [0.4, 0.5) is 11.1 Å². The molecule has 72 valence electrons. The number of hydrogen-bond acceptors (Lipinski definition) is 6. The first-order chi connectivity index (χ1) is 6.22. The lowest BCUT2D eigenvalue weighted by Gasteiger charge is -2.01. The Balaban J connectivity index is 2.30. The maximum atomic E-state index is 11.0. The number of likely N-dealkylation sites (N-methyl/N-ethyl adjacent to an activating group) is 1. The molecule has 1 amide bonds. The molecule has 0 aliphatic carbocycles. The number of anilines is 2. The number of carbonyl (C=O) groups is 1. The van der Waals surface area contributed by atoms with Crippen LogP contribution in [0.5, 0.6) is 0 Å². The molecule has 1 aromatic heterocycles. The second-order valence-electron chi connectivity index (χ2n) is 2.26. The van der Waals surface area contributed by atoms with E-state index in [1.165, 1.54) is 0 Å². The molecule has 1 heterocycles. The minimum absolute atomic E-state index is 0.0729. The van der Waals surface area contributed by atoms with Gasteiger partial charge in [-0.2, -0.15) is 9.36 Å². The molecule has 0 saturated carbocycles. The lowest BCUT2D eigenvalue weighted by Crippen LogP contribution is -2.29. The Kier molecular flexibility index (Phi) is 3.44. The average molecular weight is 201 g/mol. The summed E-state index contributed by atoms with van der Waals surface area (Å²) in [7, 11) is 0. The number of amides is 1. The van der Waals surface area contributed by atoms with Crippen LogP contribution in [0.1, 0.15) is 6.92 Å². The molecule has 0 aromatic carbocycles. The lowest BCUT2D eigenvalue weighted by molar-refractivity contribution is -0.119. The first-order valence-corrected chi connectivity index (χ1v) is 4.59. The van der Waals surface area contributed by atoms with Gasteiger partial charge in [-0.25, -0.2) is 0 Å². The van der Waals surface area contributed by atoms with Gasteiger partial charge >= 0.3 is 0 Å². The first-order valence-electron chi connectivity index (χ1n) is 3.82. The van der Waals surface area contributed by atoms with E-state index in [-0.39, 0.29) is 18.4 Å². The molecule has 1 rings (SSSR count). The summed E-state index contributed by atoms with van der Waals surface area (Å²) in [6, 6.07) is 0. The van der Waals surface area contributed by atoms with E-state index >= 15 is 0 Å². The van der Waals surface area contributed by atoms with Gasteiger partial charge in [0.05, 0.1) is 6.54 Å². The third-order valence-corrected chi connectivity index (χ3v) is 1.90. The Morgan fingerprint density at radius 3 is 3.00 bits per heavy atom. The molecular weight excluding hydrogens is 190 g/mol. The molecule has 0 spiro atoms. The largest absolute Gasteiger partial charge is 0.367 e.